The van der Waals surface area contributed by atoms with Gasteiger partial charge in [0, 0.05) is 25.7 Å². The average molecular weight is 434 g/mol. The Morgan fingerprint density at radius 3 is 2.25 bits per heavy atom. The third kappa shape index (κ3) is 6.63. The van der Waals surface area contributed by atoms with Crippen molar-refractivity contribution in [3.63, 3.8) is 0 Å². The van der Waals surface area contributed by atoms with Gasteiger partial charge in [-0.2, -0.15) is 5.10 Å². The minimum atomic E-state index is -0.731. The van der Waals surface area contributed by atoms with Gasteiger partial charge in [0.1, 0.15) is 0 Å². The number of esters is 1. The van der Waals surface area contributed by atoms with Gasteiger partial charge in [0.2, 0.25) is 0 Å². The summed E-state index contributed by atoms with van der Waals surface area (Å²) in [7, 11) is 0. The summed E-state index contributed by atoms with van der Waals surface area (Å²) in [6.45, 7) is 2.84. The van der Waals surface area contributed by atoms with Crippen molar-refractivity contribution in [3.05, 3.63) is 100.0 Å². The van der Waals surface area contributed by atoms with Crippen LogP contribution in [0.3, 0.4) is 0 Å². The molecular weight excluding hydrogens is 406 g/mol. The molecular formula is C25H27N3O4. The quantitative estimate of drug-likeness (QED) is 0.459. The zero-order chi connectivity index (χ0) is 22.8. The number of nitrogens with zero attached hydrogens (tertiary/aromatic N) is 3. The molecule has 166 valence electrons. The minimum absolute atomic E-state index is 0.00439. The van der Waals surface area contributed by atoms with Gasteiger partial charge in [0.15, 0.2) is 12.3 Å². The maximum Gasteiger partial charge on any atom is 0.359 e. The smallest absolute Gasteiger partial charge is 0.359 e. The average Bonchev–Trinajstić information content (AvgIpc) is 2.82. The zero-order valence-electron chi connectivity index (χ0n) is 18.1. The van der Waals surface area contributed by atoms with E-state index in [1.165, 1.54) is 16.8 Å². The predicted octanol–water partition coefficient (Wildman–Crippen LogP) is 3.08. The molecule has 0 N–H and O–H groups in total. The van der Waals surface area contributed by atoms with E-state index < -0.39 is 12.6 Å². The first-order valence-electron chi connectivity index (χ1n) is 10.7. The molecule has 7 heteroatoms. The number of amides is 1. The van der Waals surface area contributed by atoms with Gasteiger partial charge in [-0.25, -0.2) is 9.48 Å². The van der Waals surface area contributed by atoms with Crippen LogP contribution in [0.15, 0.2) is 77.6 Å². The molecule has 0 bridgehead atoms. The number of benzene rings is 2. The number of aromatic nitrogens is 2. The molecule has 0 aliphatic rings. The lowest BCUT2D eigenvalue weighted by atomic mass is 10.1. The molecule has 3 aromatic rings. The van der Waals surface area contributed by atoms with Crippen LogP contribution in [0.1, 0.15) is 35.0 Å². The number of aryl methyl sites for hydroxylation is 1. The lowest BCUT2D eigenvalue weighted by molar-refractivity contribution is -0.135. The maximum atomic E-state index is 12.9. The van der Waals surface area contributed by atoms with Crippen molar-refractivity contribution in [2.75, 3.05) is 13.2 Å². The van der Waals surface area contributed by atoms with Crippen LogP contribution in [0, 0.1) is 0 Å². The first-order valence-corrected chi connectivity index (χ1v) is 10.7. The number of rotatable bonds is 10. The first kappa shape index (κ1) is 22.9. The van der Waals surface area contributed by atoms with Crippen molar-refractivity contribution < 1.29 is 14.3 Å². The third-order valence-corrected chi connectivity index (χ3v) is 4.92. The highest BCUT2D eigenvalue weighted by molar-refractivity contribution is 5.89. The number of carbonyl (C=O) groups excluding carboxylic acids is 2. The molecule has 0 atom stereocenters. The minimum Gasteiger partial charge on any atom is -0.451 e. The van der Waals surface area contributed by atoms with Crippen molar-refractivity contribution in [1.29, 1.82) is 0 Å². The molecule has 0 spiro atoms. The van der Waals surface area contributed by atoms with Crippen LogP contribution in [-0.2, 0) is 29.0 Å². The van der Waals surface area contributed by atoms with E-state index in [9.17, 15) is 14.4 Å². The van der Waals surface area contributed by atoms with E-state index in [0.717, 1.165) is 11.1 Å². The lowest BCUT2D eigenvalue weighted by Gasteiger charge is -2.23. The van der Waals surface area contributed by atoms with Gasteiger partial charge >= 0.3 is 5.97 Å². The van der Waals surface area contributed by atoms with E-state index >= 15 is 0 Å². The summed E-state index contributed by atoms with van der Waals surface area (Å²) in [6.07, 6.45) is 1.40. The van der Waals surface area contributed by atoms with Crippen molar-refractivity contribution in [2.45, 2.75) is 32.9 Å². The summed E-state index contributed by atoms with van der Waals surface area (Å²) < 4.78 is 6.45. The Bertz CT molecular complexity index is 1080. The van der Waals surface area contributed by atoms with E-state index in [2.05, 4.69) is 5.10 Å². The fourth-order valence-corrected chi connectivity index (χ4v) is 3.23. The van der Waals surface area contributed by atoms with Gasteiger partial charge < -0.3 is 9.64 Å². The molecule has 0 aliphatic heterocycles. The predicted molar refractivity (Wildman–Crippen MR) is 121 cm³/mol. The molecule has 0 unspecified atom stereocenters. The summed E-state index contributed by atoms with van der Waals surface area (Å²) in [6, 6.07) is 22.2. The summed E-state index contributed by atoms with van der Waals surface area (Å²) in [4.78, 5) is 38.8. The summed E-state index contributed by atoms with van der Waals surface area (Å²) in [5.74, 6) is -1.02. The Morgan fingerprint density at radius 1 is 0.938 bits per heavy atom. The highest BCUT2D eigenvalue weighted by Crippen LogP contribution is 2.08. The first-order chi connectivity index (χ1) is 15.6. The third-order valence-electron chi connectivity index (χ3n) is 4.92. The van der Waals surface area contributed by atoms with Crippen LogP contribution in [0.5, 0.6) is 0 Å². The van der Waals surface area contributed by atoms with Crippen LogP contribution in [0.25, 0.3) is 0 Å². The van der Waals surface area contributed by atoms with Gasteiger partial charge in [-0.3, -0.25) is 9.59 Å². The van der Waals surface area contributed by atoms with Crippen LogP contribution < -0.4 is 5.56 Å². The molecule has 1 aromatic heterocycles. The van der Waals surface area contributed by atoms with Gasteiger partial charge in [0.25, 0.3) is 11.5 Å². The van der Waals surface area contributed by atoms with Crippen molar-refractivity contribution in [1.82, 2.24) is 14.7 Å². The van der Waals surface area contributed by atoms with Crippen LogP contribution >= 0.6 is 0 Å². The van der Waals surface area contributed by atoms with Gasteiger partial charge in [0.05, 0.1) is 0 Å². The molecule has 7 nitrogen and oxygen atoms in total. The number of carbonyl (C=O) groups is 2. The molecule has 0 saturated carbocycles. The van der Waals surface area contributed by atoms with E-state index in [1.807, 2.05) is 67.6 Å². The second-order valence-corrected chi connectivity index (χ2v) is 7.39. The molecule has 0 saturated heterocycles. The largest absolute Gasteiger partial charge is 0.451 e. The van der Waals surface area contributed by atoms with E-state index in [4.69, 9.17) is 4.74 Å². The second-order valence-electron chi connectivity index (χ2n) is 7.39. The SMILES string of the molecule is CCCn1nc(C(=O)OCC(=O)N(CCc2ccccc2)Cc2ccccc2)ccc1=O. The molecule has 32 heavy (non-hydrogen) atoms. The Kier molecular flexibility index (Phi) is 8.31. The Morgan fingerprint density at radius 2 is 1.59 bits per heavy atom. The van der Waals surface area contributed by atoms with E-state index in [0.29, 0.717) is 32.5 Å². The van der Waals surface area contributed by atoms with Crippen molar-refractivity contribution in [3.8, 4) is 0 Å². The number of hydrogen-bond acceptors (Lipinski definition) is 5. The molecule has 0 radical (unpaired) electrons. The highest BCUT2D eigenvalue weighted by Gasteiger charge is 2.18. The van der Waals surface area contributed by atoms with Gasteiger partial charge in [-0.1, -0.05) is 67.6 Å². The normalized spacial score (nSPS) is 10.5. The van der Waals surface area contributed by atoms with Crippen LogP contribution in [0.4, 0.5) is 0 Å². The van der Waals surface area contributed by atoms with E-state index in [-0.39, 0.29) is 17.2 Å². The zero-order valence-corrected chi connectivity index (χ0v) is 18.1. The topological polar surface area (TPSA) is 81.5 Å². The Hall–Kier alpha value is -3.74. The second kappa shape index (κ2) is 11.6. The molecule has 2 aromatic carbocycles. The van der Waals surface area contributed by atoms with E-state index in [1.54, 1.807) is 4.90 Å². The molecule has 3 rings (SSSR count). The van der Waals surface area contributed by atoms with Crippen LogP contribution in [-0.4, -0.2) is 39.7 Å². The standard InChI is InChI=1S/C25H27N3O4/c1-2-16-28-23(29)14-13-22(26-28)25(31)32-19-24(30)27(18-21-11-7-4-8-12-21)17-15-20-9-5-3-6-10-20/h3-14H,2,15-19H2,1H3. The Labute approximate surface area is 187 Å². The highest BCUT2D eigenvalue weighted by atomic mass is 16.5. The fraction of sp³-hybridized carbons (Fsp3) is 0.280. The summed E-state index contributed by atoms with van der Waals surface area (Å²) >= 11 is 0. The fourth-order valence-electron chi connectivity index (χ4n) is 3.23. The van der Waals surface area contributed by atoms with Gasteiger partial charge in [-0.05, 0) is 30.0 Å². The van der Waals surface area contributed by atoms with Crippen LogP contribution in [0.2, 0.25) is 0 Å². The summed E-state index contributed by atoms with van der Waals surface area (Å²) in [5.41, 5.74) is 1.84. The number of hydrogen-bond donors (Lipinski definition) is 0. The molecule has 1 amide bonds. The maximum absolute atomic E-state index is 12.9. The summed E-state index contributed by atoms with van der Waals surface area (Å²) in [5, 5.41) is 4.03. The van der Waals surface area contributed by atoms with Gasteiger partial charge in [-0.15, -0.1) is 0 Å². The number of ether oxygens (including phenoxy) is 1. The molecule has 0 aliphatic carbocycles. The monoisotopic (exact) mass is 433 g/mol. The Balaban J connectivity index is 1.65. The molecule has 1 heterocycles. The lowest BCUT2D eigenvalue weighted by Crippen LogP contribution is -2.36. The molecule has 0 fully saturated rings. The van der Waals surface area contributed by atoms with Crippen molar-refractivity contribution >= 4 is 11.9 Å². The van der Waals surface area contributed by atoms with Crippen molar-refractivity contribution in [2.24, 2.45) is 0 Å².